The molecule has 0 radical (unpaired) electrons. The predicted molar refractivity (Wildman–Crippen MR) is 113 cm³/mol. The third kappa shape index (κ3) is 4.39. The van der Waals surface area contributed by atoms with Crippen LogP contribution < -0.4 is 4.74 Å². The number of aromatic nitrogens is 1. The standard InChI is InChI=1S/C24H26N2O2/c1-18-15-22-16-20(3-4-21(22)17-25-18)19-5-7-23(8-6-19)28-24-9-12-26(13-10-24)11-2-14-27/h3-8,14-17,24H,2,9-13H2,1H3. The molecule has 0 unspecified atom stereocenters. The van der Waals surface area contributed by atoms with E-state index in [2.05, 4.69) is 58.4 Å². The Kier molecular flexibility index (Phi) is 5.68. The first-order chi connectivity index (χ1) is 13.7. The van der Waals surface area contributed by atoms with Gasteiger partial charge in [0.1, 0.15) is 18.1 Å². The largest absolute Gasteiger partial charge is 0.490 e. The Labute approximate surface area is 166 Å². The highest BCUT2D eigenvalue weighted by Crippen LogP contribution is 2.27. The zero-order valence-corrected chi connectivity index (χ0v) is 16.3. The quantitative estimate of drug-likeness (QED) is 0.590. The van der Waals surface area contributed by atoms with Crippen molar-refractivity contribution >= 4 is 17.1 Å². The number of fused-ring (bicyclic) bond motifs is 1. The topological polar surface area (TPSA) is 42.4 Å². The second-order valence-electron chi connectivity index (χ2n) is 7.53. The number of likely N-dealkylation sites (tertiary alicyclic amines) is 1. The first-order valence-electron chi connectivity index (χ1n) is 10.0. The fourth-order valence-electron chi connectivity index (χ4n) is 3.83. The van der Waals surface area contributed by atoms with Gasteiger partial charge in [-0.15, -0.1) is 0 Å². The summed E-state index contributed by atoms with van der Waals surface area (Å²) in [5.74, 6) is 0.927. The fourth-order valence-corrected chi connectivity index (χ4v) is 3.83. The molecule has 0 aliphatic carbocycles. The summed E-state index contributed by atoms with van der Waals surface area (Å²) < 4.78 is 6.18. The molecule has 1 fully saturated rings. The molecule has 1 aromatic heterocycles. The Balaban J connectivity index is 1.40. The summed E-state index contributed by atoms with van der Waals surface area (Å²) in [7, 11) is 0. The maximum Gasteiger partial charge on any atom is 0.121 e. The smallest absolute Gasteiger partial charge is 0.121 e. The molecule has 4 rings (SSSR count). The Morgan fingerprint density at radius 3 is 2.54 bits per heavy atom. The molecule has 0 spiro atoms. The molecule has 0 saturated carbocycles. The van der Waals surface area contributed by atoms with Gasteiger partial charge in [0.05, 0.1) is 0 Å². The van der Waals surface area contributed by atoms with Crippen molar-refractivity contribution in [3.8, 4) is 16.9 Å². The molecule has 2 heterocycles. The molecule has 28 heavy (non-hydrogen) atoms. The van der Waals surface area contributed by atoms with Gasteiger partial charge in [-0.2, -0.15) is 0 Å². The van der Waals surface area contributed by atoms with Crippen molar-refractivity contribution in [3.05, 3.63) is 60.4 Å². The molecule has 1 saturated heterocycles. The Bertz CT molecular complexity index is 944. The zero-order valence-electron chi connectivity index (χ0n) is 16.3. The van der Waals surface area contributed by atoms with E-state index in [1.807, 2.05) is 13.1 Å². The van der Waals surface area contributed by atoms with Crippen LogP contribution >= 0.6 is 0 Å². The number of benzene rings is 2. The van der Waals surface area contributed by atoms with Crippen molar-refractivity contribution in [3.63, 3.8) is 0 Å². The molecule has 0 N–H and O–H groups in total. The monoisotopic (exact) mass is 374 g/mol. The van der Waals surface area contributed by atoms with Crippen LogP contribution in [-0.4, -0.2) is 41.9 Å². The molecular formula is C24H26N2O2. The fraction of sp³-hybridized carbons (Fsp3) is 0.333. The molecule has 1 aliphatic rings. The summed E-state index contributed by atoms with van der Waals surface area (Å²) in [5.41, 5.74) is 3.42. The molecule has 0 amide bonds. The summed E-state index contributed by atoms with van der Waals surface area (Å²) in [4.78, 5) is 17.2. The number of piperidine rings is 1. The number of nitrogens with zero attached hydrogens (tertiary/aromatic N) is 2. The summed E-state index contributed by atoms with van der Waals surface area (Å²) in [6.07, 6.45) is 5.83. The van der Waals surface area contributed by atoms with Crippen LogP contribution in [0.2, 0.25) is 0 Å². The lowest BCUT2D eigenvalue weighted by atomic mass is 10.0. The van der Waals surface area contributed by atoms with Crippen molar-refractivity contribution in [2.45, 2.75) is 32.3 Å². The molecule has 3 aromatic rings. The predicted octanol–water partition coefficient (Wildman–Crippen LogP) is 4.64. The van der Waals surface area contributed by atoms with Gasteiger partial charge in [0.25, 0.3) is 0 Å². The van der Waals surface area contributed by atoms with Gasteiger partial charge in [0.2, 0.25) is 0 Å². The average Bonchev–Trinajstić information content (AvgIpc) is 2.73. The van der Waals surface area contributed by atoms with Crippen molar-refractivity contribution in [2.24, 2.45) is 0 Å². The van der Waals surface area contributed by atoms with E-state index < -0.39 is 0 Å². The third-order valence-corrected chi connectivity index (χ3v) is 5.45. The maximum atomic E-state index is 10.5. The SMILES string of the molecule is Cc1cc2cc(-c3ccc(OC4CCN(CCC=O)CC4)cc3)ccc2cn1. The van der Waals surface area contributed by atoms with Gasteiger partial charge in [0, 0.05) is 43.3 Å². The summed E-state index contributed by atoms with van der Waals surface area (Å²) >= 11 is 0. The van der Waals surface area contributed by atoms with Crippen LogP contribution in [0.4, 0.5) is 0 Å². The lowest BCUT2D eigenvalue weighted by molar-refractivity contribution is -0.108. The van der Waals surface area contributed by atoms with Gasteiger partial charge in [0.15, 0.2) is 0 Å². The first-order valence-corrected chi connectivity index (χ1v) is 10.0. The zero-order chi connectivity index (χ0) is 19.3. The summed E-state index contributed by atoms with van der Waals surface area (Å²) in [6, 6.07) is 17.0. The van der Waals surface area contributed by atoms with Gasteiger partial charge in [-0.3, -0.25) is 4.98 Å². The highest BCUT2D eigenvalue weighted by Gasteiger charge is 2.20. The molecule has 4 heteroatoms. The first kappa shape index (κ1) is 18.6. The number of pyridine rings is 1. The number of ether oxygens (including phenoxy) is 1. The van der Waals surface area contributed by atoms with E-state index >= 15 is 0 Å². The molecular weight excluding hydrogens is 348 g/mol. The number of carbonyl (C=O) groups is 1. The molecule has 144 valence electrons. The van der Waals surface area contributed by atoms with Crippen LogP contribution in [0.25, 0.3) is 21.9 Å². The van der Waals surface area contributed by atoms with Crippen LogP contribution in [0.3, 0.4) is 0 Å². The molecule has 2 aromatic carbocycles. The highest BCUT2D eigenvalue weighted by molar-refractivity contribution is 5.87. The van der Waals surface area contributed by atoms with Crippen LogP contribution in [0.15, 0.2) is 54.7 Å². The van der Waals surface area contributed by atoms with Gasteiger partial charge in [-0.05, 0) is 60.5 Å². The van der Waals surface area contributed by atoms with E-state index in [9.17, 15) is 4.79 Å². The summed E-state index contributed by atoms with van der Waals surface area (Å²) in [6.45, 7) is 4.89. The van der Waals surface area contributed by atoms with Gasteiger partial charge < -0.3 is 14.4 Å². The Hall–Kier alpha value is -2.72. The number of carbonyl (C=O) groups excluding carboxylic acids is 1. The number of aryl methyl sites for hydroxylation is 1. The van der Waals surface area contributed by atoms with E-state index in [4.69, 9.17) is 4.74 Å². The Morgan fingerprint density at radius 1 is 1.04 bits per heavy atom. The minimum absolute atomic E-state index is 0.259. The summed E-state index contributed by atoms with van der Waals surface area (Å²) in [5, 5.41) is 2.38. The molecule has 4 nitrogen and oxygen atoms in total. The van der Waals surface area contributed by atoms with Crippen LogP contribution in [0.1, 0.15) is 25.0 Å². The van der Waals surface area contributed by atoms with Crippen molar-refractivity contribution in [1.29, 1.82) is 0 Å². The van der Waals surface area contributed by atoms with E-state index in [-0.39, 0.29) is 6.10 Å². The third-order valence-electron chi connectivity index (χ3n) is 5.45. The van der Waals surface area contributed by atoms with Gasteiger partial charge >= 0.3 is 0 Å². The highest BCUT2D eigenvalue weighted by atomic mass is 16.5. The van der Waals surface area contributed by atoms with E-state index in [0.29, 0.717) is 6.42 Å². The minimum atomic E-state index is 0.259. The average molecular weight is 374 g/mol. The maximum absolute atomic E-state index is 10.5. The number of hydrogen-bond donors (Lipinski definition) is 0. The Morgan fingerprint density at radius 2 is 1.79 bits per heavy atom. The number of aldehydes is 1. The van der Waals surface area contributed by atoms with Crippen LogP contribution in [0, 0.1) is 6.92 Å². The van der Waals surface area contributed by atoms with Crippen molar-refractivity contribution in [2.75, 3.05) is 19.6 Å². The lowest BCUT2D eigenvalue weighted by Crippen LogP contribution is -2.38. The second kappa shape index (κ2) is 8.53. The lowest BCUT2D eigenvalue weighted by Gasteiger charge is -2.31. The van der Waals surface area contributed by atoms with Gasteiger partial charge in [-0.25, -0.2) is 0 Å². The van der Waals surface area contributed by atoms with Crippen LogP contribution in [-0.2, 0) is 4.79 Å². The molecule has 0 atom stereocenters. The van der Waals surface area contributed by atoms with Gasteiger partial charge in [-0.1, -0.05) is 24.3 Å². The molecule has 1 aliphatic heterocycles. The normalized spacial score (nSPS) is 15.6. The van der Waals surface area contributed by atoms with Crippen molar-refractivity contribution < 1.29 is 9.53 Å². The number of rotatable bonds is 6. The molecule has 0 bridgehead atoms. The number of hydrogen-bond acceptors (Lipinski definition) is 4. The van der Waals surface area contributed by atoms with E-state index in [1.54, 1.807) is 0 Å². The minimum Gasteiger partial charge on any atom is -0.490 e. The van der Waals surface area contributed by atoms with E-state index in [1.165, 1.54) is 16.5 Å². The van der Waals surface area contributed by atoms with Crippen molar-refractivity contribution in [1.82, 2.24) is 9.88 Å². The van der Waals surface area contributed by atoms with E-state index in [0.717, 1.165) is 55.6 Å². The van der Waals surface area contributed by atoms with Crippen LogP contribution in [0.5, 0.6) is 5.75 Å². The second-order valence-corrected chi connectivity index (χ2v) is 7.53.